The number of hydrogen-bond acceptors (Lipinski definition) is 5. The Hall–Kier alpha value is -1.20. The van der Waals surface area contributed by atoms with Crippen LogP contribution in [0.25, 0.3) is 0 Å². The highest BCUT2D eigenvalue weighted by Crippen LogP contribution is 2.43. The zero-order valence-corrected chi connectivity index (χ0v) is 10.0. The van der Waals surface area contributed by atoms with E-state index < -0.39 is 17.9 Å². The lowest BCUT2D eigenvalue weighted by atomic mass is 9.96. The first kappa shape index (κ1) is 12.3. The summed E-state index contributed by atoms with van der Waals surface area (Å²) in [6.07, 6.45) is 1.52. The van der Waals surface area contributed by atoms with Crippen molar-refractivity contribution in [1.82, 2.24) is 0 Å². The van der Waals surface area contributed by atoms with Crippen LogP contribution >= 0.6 is 0 Å². The Morgan fingerprint density at radius 1 is 1.53 bits per heavy atom. The van der Waals surface area contributed by atoms with Gasteiger partial charge in [0.15, 0.2) is 17.7 Å². The standard InChI is InChI=1S/C12H16O5/c1-3-15-10-6-8-5-9(13)7-12(8,17-10)11(14)16-4-2/h5,10H,3-4,6-7H2,1-2H3/t10?,12-/m0/s1. The van der Waals surface area contributed by atoms with Gasteiger partial charge in [0.05, 0.1) is 13.0 Å². The molecule has 0 aromatic rings. The molecule has 17 heavy (non-hydrogen) atoms. The van der Waals surface area contributed by atoms with Gasteiger partial charge in [-0.15, -0.1) is 0 Å². The lowest BCUT2D eigenvalue weighted by molar-refractivity contribution is -0.193. The van der Waals surface area contributed by atoms with Crippen molar-refractivity contribution in [2.75, 3.05) is 13.2 Å². The molecular weight excluding hydrogens is 224 g/mol. The highest BCUT2D eigenvalue weighted by atomic mass is 16.7. The SMILES string of the molecule is CCOC(=O)[C@]12CC(=O)C=C1CC(OCC)O2. The van der Waals surface area contributed by atoms with Crippen molar-refractivity contribution in [2.24, 2.45) is 0 Å². The van der Waals surface area contributed by atoms with E-state index in [-0.39, 0.29) is 18.8 Å². The Morgan fingerprint density at radius 2 is 2.29 bits per heavy atom. The second-order valence-corrected chi connectivity index (χ2v) is 4.07. The monoisotopic (exact) mass is 240 g/mol. The van der Waals surface area contributed by atoms with E-state index in [4.69, 9.17) is 14.2 Å². The molecule has 1 fully saturated rings. The smallest absolute Gasteiger partial charge is 0.343 e. The lowest BCUT2D eigenvalue weighted by Crippen LogP contribution is -2.41. The molecule has 0 spiro atoms. The van der Waals surface area contributed by atoms with Crippen LogP contribution in [0.15, 0.2) is 11.6 Å². The Bertz CT molecular complexity index is 373. The largest absolute Gasteiger partial charge is 0.464 e. The molecule has 2 rings (SSSR count). The molecule has 2 aliphatic rings. The summed E-state index contributed by atoms with van der Waals surface area (Å²) < 4.78 is 16.0. The molecule has 5 nitrogen and oxygen atoms in total. The van der Waals surface area contributed by atoms with Gasteiger partial charge in [-0.25, -0.2) is 4.79 Å². The normalized spacial score (nSPS) is 31.3. The average Bonchev–Trinajstić information content (AvgIpc) is 2.72. The molecular formula is C12H16O5. The predicted molar refractivity (Wildman–Crippen MR) is 58.2 cm³/mol. The summed E-state index contributed by atoms with van der Waals surface area (Å²) in [5, 5.41) is 0. The maximum absolute atomic E-state index is 11.9. The molecule has 0 radical (unpaired) electrons. The molecule has 1 heterocycles. The van der Waals surface area contributed by atoms with Gasteiger partial charge in [0.1, 0.15) is 0 Å². The number of esters is 1. The molecule has 1 saturated heterocycles. The summed E-state index contributed by atoms with van der Waals surface area (Å²) >= 11 is 0. The lowest BCUT2D eigenvalue weighted by Gasteiger charge is -2.23. The van der Waals surface area contributed by atoms with Crippen molar-refractivity contribution in [3.8, 4) is 0 Å². The number of ether oxygens (including phenoxy) is 3. The van der Waals surface area contributed by atoms with E-state index in [1.165, 1.54) is 6.08 Å². The van der Waals surface area contributed by atoms with Crippen LogP contribution < -0.4 is 0 Å². The molecule has 94 valence electrons. The maximum Gasteiger partial charge on any atom is 0.343 e. The van der Waals surface area contributed by atoms with E-state index in [0.717, 1.165) is 0 Å². The third-order valence-corrected chi connectivity index (χ3v) is 2.95. The molecule has 0 aromatic carbocycles. The number of rotatable bonds is 4. The van der Waals surface area contributed by atoms with Crippen LogP contribution in [0.2, 0.25) is 0 Å². The highest BCUT2D eigenvalue weighted by Gasteiger charge is 2.56. The fraction of sp³-hybridized carbons (Fsp3) is 0.667. The van der Waals surface area contributed by atoms with Gasteiger partial charge in [-0.05, 0) is 25.5 Å². The van der Waals surface area contributed by atoms with Gasteiger partial charge in [-0.3, -0.25) is 4.79 Å². The van der Waals surface area contributed by atoms with Crippen LogP contribution in [0.3, 0.4) is 0 Å². The van der Waals surface area contributed by atoms with E-state index in [9.17, 15) is 9.59 Å². The topological polar surface area (TPSA) is 61.8 Å². The van der Waals surface area contributed by atoms with Crippen LogP contribution in [-0.4, -0.2) is 36.9 Å². The number of ketones is 1. The van der Waals surface area contributed by atoms with Crippen molar-refractivity contribution in [3.05, 3.63) is 11.6 Å². The number of hydrogen-bond donors (Lipinski definition) is 0. The van der Waals surface area contributed by atoms with Gasteiger partial charge in [-0.1, -0.05) is 0 Å². The zero-order valence-electron chi connectivity index (χ0n) is 10.0. The second kappa shape index (κ2) is 4.58. The zero-order chi connectivity index (χ0) is 12.5. The van der Waals surface area contributed by atoms with E-state index >= 15 is 0 Å². The first-order valence-electron chi connectivity index (χ1n) is 5.83. The third kappa shape index (κ3) is 2.00. The first-order chi connectivity index (χ1) is 8.12. The number of carbonyl (C=O) groups is 2. The molecule has 0 amide bonds. The highest BCUT2D eigenvalue weighted by molar-refractivity contribution is 6.03. The summed E-state index contributed by atoms with van der Waals surface area (Å²) in [4.78, 5) is 23.4. The average molecular weight is 240 g/mol. The molecule has 5 heteroatoms. The van der Waals surface area contributed by atoms with Crippen molar-refractivity contribution in [3.63, 3.8) is 0 Å². The molecule has 0 bridgehead atoms. The fourth-order valence-corrected chi connectivity index (χ4v) is 2.29. The van der Waals surface area contributed by atoms with Crippen LogP contribution in [0, 0.1) is 0 Å². The van der Waals surface area contributed by atoms with Crippen molar-refractivity contribution in [1.29, 1.82) is 0 Å². The Balaban J connectivity index is 2.21. The first-order valence-corrected chi connectivity index (χ1v) is 5.83. The molecule has 0 aromatic heterocycles. The van der Waals surface area contributed by atoms with Crippen LogP contribution in [0.1, 0.15) is 26.7 Å². The predicted octanol–water partition coefficient (Wildman–Crippen LogP) is 0.970. The Kier molecular flexibility index (Phi) is 3.31. The minimum atomic E-state index is -1.22. The van der Waals surface area contributed by atoms with Gasteiger partial charge in [0.2, 0.25) is 0 Å². The van der Waals surface area contributed by atoms with Crippen molar-refractivity contribution in [2.45, 2.75) is 38.6 Å². The summed E-state index contributed by atoms with van der Waals surface area (Å²) in [6, 6.07) is 0. The van der Waals surface area contributed by atoms with E-state index in [2.05, 4.69) is 0 Å². The fourth-order valence-electron chi connectivity index (χ4n) is 2.29. The van der Waals surface area contributed by atoms with E-state index in [1.807, 2.05) is 6.92 Å². The van der Waals surface area contributed by atoms with Crippen molar-refractivity contribution >= 4 is 11.8 Å². The third-order valence-electron chi connectivity index (χ3n) is 2.95. The second-order valence-electron chi connectivity index (χ2n) is 4.07. The molecule has 0 N–H and O–H groups in total. The number of fused-ring (bicyclic) bond motifs is 1. The summed E-state index contributed by atoms with van der Waals surface area (Å²) in [7, 11) is 0. The van der Waals surface area contributed by atoms with Crippen LogP contribution in [0.5, 0.6) is 0 Å². The Labute approximate surface area is 99.7 Å². The van der Waals surface area contributed by atoms with Gasteiger partial charge >= 0.3 is 5.97 Å². The Morgan fingerprint density at radius 3 is 2.94 bits per heavy atom. The van der Waals surface area contributed by atoms with Gasteiger partial charge in [0.25, 0.3) is 0 Å². The molecule has 2 atom stereocenters. The van der Waals surface area contributed by atoms with Crippen molar-refractivity contribution < 1.29 is 23.8 Å². The van der Waals surface area contributed by atoms with Crippen LogP contribution in [0.4, 0.5) is 0 Å². The molecule has 1 unspecified atom stereocenters. The van der Waals surface area contributed by atoms with Gasteiger partial charge < -0.3 is 14.2 Å². The maximum atomic E-state index is 11.9. The van der Waals surface area contributed by atoms with Crippen LogP contribution in [-0.2, 0) is 23.8 Å². The quantitative estimate of drug-likeness (QED) is 0.685. The minimum Gasteiger partial charge on any atom is -0.464 e. The summed E-state index contributed by atoms with van der Waals surface area (Å²) in [5.74, 6) is -0.581. The number of allylic oxidation sites excluding steroid dienone is 1. The molecule has 0 saturated carbocycles. The van der Waals surface area contributed by atoms with E-state index in [0.29, 0.717) is 18.6 Å². The molecule has 1 aliphatic heterocycles. The minimum absolute atomic E-state index is 0.0325. The van der Waals surface area contributed by atoms with E-state index in [1.54, 1.807) is 6.92 Å². The number of carbonyl (C=O) groups excluding carboxylic acids is 2. The molecule has 1 aliphatic carbocycles. The van der Waals surface area contributed by atoms with Gasteiger partial charge in [-0.2, -0.15) is 0 Å². The van der Waals surface area contributed by atoms with Gasteiger partial charge in [0, 0.05) is 13.0 Å². The summed E-state index contributed by atoms with van der Waals surface area (Å²) in [5.41, 5.74) is -0.535. The summed E-state index contributed by atoms with van der Waals surface area (Å²) in [6.45, 7) is 4.35.